The zero-order valence-corrected chi connectivity index (χ0v) is 22.3. The molecule has 10 heteroatoms. The van der Waals surface area contributed by atoms with Crippen molar-refractivity contribution in [2.45, 2.75) is 84.5 Å². The number of rotatable bonds is 7. The number of hydrogen-bond donors (Lipinski definition) is 1. The Hall–Kier alpha value is -3.24. The zero-order chi connectivity index (χ0) is 26.9. The van der Waals surface area contributed by atoms with Crippen LogP contribution in [0.15, 0.2) is 36.5 Å². The standard InChI is InChI=1S/C26H36N5O5/c1-9-35-22(32)20(27-23(33)36-24(2,3)4)14-17-10-12-18(13-11-17)30-16-21(28-29-30)19-15-25(5,6)31(34)26(19,7)8/h10-13,15-16,20H,9,14H2,1-8H3,(H,27,33). The number of nitrogens with zero attached hydrogens (tertiary/aromatic N) is 4. The lowest BCUT2D eigenvalue weighted by Gasteiger charge is -2.33. The van der Waals surface area contributed by atoms with Crippen LogP contribution in [0.5, 0.6) is 0 Å². The molecular formula is C26H36N5O5. The lowest BCUT2D eigenvalue weighted by atomic mass is 9.94. The van der Waals surface area contributed by atoms with E-state index in [1.54, 1.807) is 38.6 Å². The molecule has 0 bridgehead atoms. The fourth-order valence-corrected chi connectivity index (χ4v) is 4.23. The number of hydrogen-bond acceptors (Lipinski definition) is 7. The minimum absolute atomic E-state index is 0.202. The van der Waals surface area contributed by atoms with Gasteiger partial charge in [-0.05, 0) is 73.1 Å². The molecule has 0 spiro atoms. The van der Waals surface area contributed by atoms with Crippen molar-refractivity contribution in [3.05, 3.63) is 47.8 Å². The Labute approximate surface area is 212 Å². The molecule has 1 atom stereocenters. The lowest BCUT2D eigenvalue weighted by molar-refractivity contribution is -0.234. The number of aromatic nitrogens is 3. The lowest BCUT2D eigenvalue weighted by Crippen LogP contribution is -2.46. The summed E-state index contributed by atoms with van der Waals surface area (Å²) in [5.74, 6) is -0.531. The molecule has 1 amide bonds. The van der Waals surface area contributed by atoms with Crippen LogP contribution < -0.4 is 5.32 Å². The second kappa shape index (κ2) is 10.0. The van der Waals surface area contributed by atoms with Gasteiger partial charge in [-0.1, -0.05) is 23.4 Å². The normalized spacial score (nSPS) is 17.9. The summed E-state index contributed by atoms with van der Waals surface area (Å²) in [6, 6.07) is 6.50. The molecule has 1 aliphatic rings. The van der Waals surface area contributed by atoms with Gasteiger partial charge in [-0.25, -0.2) is 14.3 Å². The van der Waals surface area contributed by atoms with Crippen LogP contribution in [0.1, 0.15) is 66.6 Å². The van der Waals surface area contributed by atoms with E-state index in [2.05, 4.69) is 15.6 Å². The van der Waals surface area contributed by atoms with E-state index in [-0.39, 0.29) is 13.0 Å². The molecule has 3 rings (SSSR count). The molecule has 1 unspecified atom stereocenters. The number of alkyl carbamates (subject to hydrolysis) is 1. The van der Waals surface area contributed by atoms with Gasteiger partial charge in [0, 0.05) is 12.0 Å². The summed E-state index contributed by atoms with van der Waals surface area (Å²) in [6.45, 7) is 14.7. The van der Waals surface area contributed by atoms with Gasteiger partial charge in [-0.15, -0.1) is 15.4 Å². The highest BCUT2D eigenvalue weighted by molar-refractivity contribution is 5.81. The van der Waals surface area contributed by atoms with Crippen LogP contribution >= 0.6 is 0 Å². The maximum atomic E-state index is 12.7. The van der Waals surface area contributed by atoms with Crippen LogP contribution in [0, 0.1) is 0 Å². The average molecular weight is 499 g/mol. The van der Waals surface area contributed by atoms with Crippen molar-refractivity contribution in [1.29, 1.82) is 0 Å². The van der Waals surface area contributed by atoms with E-state index in [9.17, 15) is 14.8 Å². The summed E-state index contributed by atoms with van der Waals surface area (Å²) < 4.78 is 12.1. The SMILES string of the molecule is CCOC(=O)C(Cc1ccc(-n2cc(C3=CC(C)(C)N([O])C3(C)C)nn2)cc1)NC(=O)OC(C)(C)C. The van der Waals surface area contributed by atoms with Crippen molar-refractivity contribution in [1.82, 2.24) is 25.4 Å². The summed E-state index contributed by atoms with van der Waals surface area (Å²) in [6.07, 6.45) is 3.28. The third kappa shape index (κ3) is 6.11. The monoisotopic (exact) mass is 498 g/mol. The quantitative estimate of drug-likeness (QED) is 0.576. The van der Waals surface area contributed by atoms with Gasteiger partial charge in [0.1, 0.15) is 17.3 Å². The first-order valence-corrected chi connectivity index (χ1v) is 12.0. The molecule has 1 aromatic heterocycles. The van der Waals surface area contributed by atoms with E-state index < -0.39 is 34.8 Å². The summed E-state index contributed by atoms with van der Waals surface area (Å²) in [7, 11) is 0. The van der Waals surface area contributed by atoms with Gasteiger partial charge in [-0.3, -0.25) is 0 Å². The minimum atomic E-state index is -0.890. The van der Waals surface area contributed by atoms with Crippen molar-refractivity contribution in [3.8, 4) is 5.69 Å². The Morgan fingerprint density at radius 3 is 2.28 bits per heavy atom. The van der Waals surface area contributed by atoms with Gasteiger partial charge in [-0.2, -0.15) is 0 Å². The third-order valence-corrected chi connectivity index (χ3v) is 5.86. The van der Waals surface area contributed by atoms with Crippen LogP contribution in [0.2, 0.25) is 0 Å². The Morgan fingerprint density at radius 2 is 1.75 bits per heavy atom. The third-order valence-electron chi connectivity index (χ3n) is 5.86. The number of ether oxygens (including phenoxy) is 2. The minimum Gasteiger partial charge on any atom is -0.464 e. The second-order valence-corrected chi connectivity index (χ2v) is 10.9. The molecule has 36 heavy (non-hydrogen) atoms. The van der Waals surface area contributed by atoms with E-state index in [0.717, 1.165) is 21.9 Å². The largest absolute Gasteiger partial charge is 0.464 e. The molecule has 0 saturated heterocycles. The Morgan fingerprint density at radius 1 is 1.11 bits per heavy atom. The van der Waals surface area contributed by atoms with Crippen molar-refractivity contribution in [3.63, 3.8) is 0 Å². The first-order valence-electron chi connectivity index (χ1n) is 12.0. The van der Waals surface area contributed by atoms with Crippen LogP contribution in [-0.4, -0.2) is 61.4 Å². The van der Waals surface area contributed by atoms with E-state index in [4.69, 9.17) is 9.47 Å². The number of esters is 1. The molecule has 1 radical (unpaired) electrons. The van der Waals surface area contributed by atoms with Crippen LogP contribution in [-0.2, 0) is 25.9 Å². The average Bonchev–Trinajstić information content (AvgIpc) is 3.30. The molecular weight excluding hydrogens is 462 g/mol. The number of hydroxylamine groups is 2. The smallest absolute Gasteiger partial charge is 0.408 e. The van der Waals surface area contributed by atoms with Gasteiger partial charge >= 0.3 is 12.1 Å². The molecule has 1 N–H and O–H groups in total. The molecule has 1 aliphatic heterocycles. The maximum absolute atomic E-state index is 12.7. The molecule has 10 nitrogen and oxygen atoms in total. The van der Waals surface area contributed by atoms with E-state index in [1.165, 1.54) is 0 Å². The Bertz CT molecular complexity index is 1130. The van der Waals surface area contributed by atoms with E-state index >= 15 is 0 Å². The first kappa shape index (κ1) is 27.3. The molecule has 0 aliphatic carbocycles. The van der Waals surface area contributed by atoms with Gasteiger partial charge < -0.3 is 14.8 Å². The molecule has 1 aromatic carbocycles. The van der Waals surface area contributed by atoms with Crippen molar-refractivity contribution in [2.24, 2.45) is 0 Å². The number of carbonyl (C=O) groups excluding carboxylic acids is 2. The number of nitrogens with one attached hydrogen (secondary N) is 1. The van der Waals surface area contributed by atoms with Gasteiger partial charge in [0.2, 0.25) is 0 Å². The molecule has 195 valence electrons. The first-order chi connectivity index (χ1) is 16.6. The highest BCUT2D eigenvalue weighted by Gasteiger charge is 2.47. The predicted molar refractivity (Wildman–Crippen MR) is 134 cm³/mol. The summed E-state index contributed by atoms with van der Waals surface area (Å²) >= 11 is 0. The topological polar surface area (TPSA) is 118 Å². The zero-order valence-electron chi connectivity index (χ0n) is 22.3. The maximum Gasteiger partial charge on any atom is 0.408 e. The number of carbonyl (C=O) groups is 2. The van der Waals surface area contributed by atoms with Gasteiger partial charge in [0.25, 0.3) is 0 Å². The Kier molecular flexibility index (Phi) is 7.61. The second-order valence-electron chi connectivity index (χ2n) is 10.9. The highest BCUT2D eigenvalue weighted by atomic mass is 16.6. The Balaban J connectivity index is 1.76. The molecule has 0 fully saturated rings. The number of amides is 1. The van der Waals surface area contributed by atoms with Gasteiger partial charge in [0.05, 0.1) is 29.6 Å². The van der Waals surface area contributed by atoms with Crippen molar-refractivity contribution in [2.75, 3.05) is 6.61 Å². The summed E-state index contributed by atoms with van der Waals surface area (Å²) in [5.41, 5.74) is 1.00. The fraction of sp³-hybridized carbons (Fsp3) is 0.538. The molecule has 0 saturated carbocycles. The van der Waals surface area contributed by atoms with Crippen molar-refractivity contribution >= 4 is 17.6 Å². The van der Waals surface area contributed by atoms with Crippen LogP contribution in [0.4, 0.5) is 4.79 Å². The van der Waals surface area contributed by atoms with Crippen molar-refractivity contribution < 1.29 is 24.3 Å². The summed E-state index contributed by atoms with van der Waals surface area (Å²) in [4.78, 5) is 24.7. The van der Waals surface area contributed by atoms with Gasteiger partial charge in [0.15, 0.2) is 0 Å². The highest BCUT2D eigenvalue weighted by Crippen LogP contribution is 2.43. The van der Waals surface area contributed by atoms with Crippen LogP contribution in [0.3, 0.4) is 0 Å². The molecule has 2 aromatic rings. The van der Waals surface area contributed by atoms with E-state index in [0.29, 0.717) is 5.69 Å². The van der Waals surface area contributed by atoms with E-state index in [1.807, 2.05) is 58.0 Å². The number of benzene rings is 1. The summed E-state index contributed by atoms with van der Waals surface area (Å²) in [5, 5.41) is 24.9. The molecule has 2 heterocycles. The predicted octanol–water partition coefficient (Wildman–Crippen LogP) is 3.87. The fourth-order valence-electron chi connectivity index (χ4n) is 4.23. The van der Waals surface area contributed by atoms with Crippen LogP contribution in [0.25, 0.3) is 11.3 Å².